The number of aryl methyl sites for hydroxylation is 1. The highest BCUT2D eigenvalue weighted by Gasteiger charge is 2.37. The van der Waals surface area contributed by atoms with Gasteiger partial charge in [-0.1, -0.05) is 6.07 Å². The van der Waals surface area contributed by atoms with Crippen molar-refractivity contribution < 1.29 is 21.6 Å². The Hall–Kier alpha value is -4.69. The quantitative estimate of drug-likeness (QED) is 0.234. The molecule has 0 radical (unpaired) electrons. The predicted molar refractivity (Wildman–Crippen MR) is 164 cm³/mol. The number of likely N-dealkylation sites (tertiary alicyclic amines) is 1. The van der Waals surface area contributed by atoms with Crippen LogP contribution in [0.25, 0.3) is 56.0 Å². The summed E-state index contributed by atoms with van der Waals surface area (Å²) in [6.07, 6.45) is 7.84. The Balaban J connectivity index is 1.22. The summed E-state index contributed by atoms with van der Waals surface area (Å²) in [5.74, 6) is -2.78. The maximum absolute atomic E-state index is 14.6. The molecule has 0 atom stereocenters. The van der Waals surface area contributed by atoms with Crippen LogP contribution in [-0.4, -0.2) is 79.5 Å². The highest BCUT2D eigenvalue weighted by atomic mass is 32.2. The molecule has 2 N–H and O–H groups in total. The lowest BCUT2D eigenvalue weighted by Crippen LogP contribution is -2.24. The molecule has 6 aromatic rings. The minimum absolute atomic E-state index is 0.0868. The monoisotopic (exact) mass is 632 g/mol. The lowest BCUT2D eigenvalue weighted by molar-refractivity contribution is 0.0115. The Morgan fingerprint density at radius 3 is 2.60 bits per heavy atom. The van der Waals surface area contributed by atoms with Crippen molar-refractivity contribution in [1.29, 1.82) is 0 Å². The molecule has 5 aromatic heterocycles. The first-order valence-electron chi connectivity index (χ1n) is 14.2. The average Bonchev–Trinajstić information content (AvgIpc) is 3.71. The van der Waals surface area contributed by atoms with Gasteiger partial charge in [0.15, 0.2) is 17.1 Å². The summed E-state index contributed by atoms with van der Waals surface area (Å²) in [4.78, 5) is 22.9. The van der Waals surface area contributed by atoms with E-state index in [4.69, 9.17) is 0 Å². The van der Waals surface area contributed by atoms with Gasteiger partial charge in [0.25, 0.3) is 5.92 Å². The molecule has 1 fully saturated rings. The molecule has 1 saturated heterocycles. The first-order valence-corrected chi connectivity index (χ1v) is 16.3. The van der Waals surface area contributed by atoms with Crippen molar-refractivity contribution >= 4 is 32.0 Å². The van der Waals surface area contributed by atoms with Crippen LogP contribution in [-0.2, 0) is 22.8 Å². The van der Waals surface area contributed by atoms with Gasteiger partial charge in [0.1, 0.15) is 21.3 Å². The number of aromatic nitrogens is 7. The Morgan fingerprint density at radius 2 is 1.80 bits per heavy atom. The molecule has 0 unspecified atom stereocenters. The van der Waals surface area contributed by atoms with Crippen LogP contribution in [0.3, 0.4) is 0 Å². The van der Waals surface area contributed by atoms with Crippen molar-refractivity contribution in [1.82, 2.24) is 40.0 Å². The number of fused-ring (bicyclic) bond motifs is 2. The topological polar surface area (TPSA) is 133 Å². The zero-order chi connectivity index (χ0) is 31.3. The maximum atomic E-state index is 14.6. The second-order valence-electron chi connectivity index (χ2n) is 11.5. The van der Waals surface area contributed by atoms with E-state index in [1.165, 1.54) is 12.1 Å². The summed E-state index contributed by atoms with van der Waals surface area (Å²) < 4.78 is 65.3. The fourth-order valence-electron chi connectivity index (χ4n) is 5.69. The van der Waals surface area contributed by atoms with Gasteiger partial charge >= 0.3 is 0 Å². The van der Waals surface area contributed by atoms with Gasteiger partial charge in [-0.3, -0.25) is 15.0 Å². The Labute approximate surface area is 255 Å². The van der Waals surface area contributed by atoms with E-state index in [0.29, 0.717) is 63.5 Å². The van der Waals surface area contributed by atoms with Gasteiger partial charge in [0, 0.05) is 67.2 Å². The highest BCUT2D eigenvalue weighted by Crippen LogP contribution is 2.33. The van der Waals surface area contributed by atoms with E-state index in [2.05, 4.69) is 35.1 Å². The summed E-state index contributed by atoms with van der Waals surface area (Å²) in [6, 6.07) is 10.1. The average molecular weight is 633 g/mol. The molecule has 6 heterocycles. The van der Waals surface area contributed by atoms with Crippen LogP contribution < -0.4 is 0 Å². The zero-order valence-corrected chi connectivity index (χ0v) is 24.9. The minimum Gasteiger partial charge on any atom is -0.335 e. The van der Waals surface area contributed by atoms with E-state index in [1.54, 1.807) is 41.8 Å². The molecule has 0 spiro atoms. The van der Waals surface area contributed by atoms with E-state index in [1.807, 2.05) is 12.1 Å². The second-order valence-corrected chi connectivity index (χ2v) is 13.7. The van der Waals surface area contributed by atoms with Crippen LogP contribution in [0.2, 0.25) is 0 Å². The molecule has 7 rings (SSSR count). The third-order valence-electron chi connectivity index (χ3n) is 7.85. The molecule has 1 aliphatic heterocycles. The number of H-pyrrole nitrogens is 2. The summed E-state index contributed by atoms with van der Waals surface area (Å²) in [5.41, 5.74) is 6.16. The van der Waals surface area contributed by atoms with Crippen molar-refractivity contribution in [3.63, 3.8) is 0 Å². The zero-order valence-electron chi connectivity index (χ0n) is 24.1. The lowest BCUT2D eigenvalue weighted by atomic mass is 10.0. The number of aromatic amines is 2. The molecule has 0 aliphatic carbocycles. The first kappa shape index (κ1) is 29.0. The van der Waals surface area contributed by atoms with E-state index in [0.717, 1.165) is 22.9 Å². The Morgan fingerprint density at radius 1 is 0.978 bits per heavy atom. The molecular formula is C31H27F3N8O2S. The van der Waals surface area contributed by atoms with Crippen molar-refractivity contribution in [3.05, 3.63) is 78.1 Å². The van der Waals surface area contributed by atoms with Gasteiger partial charge in [0.05, 0.1) is 23.2 Å². The number of benzene rings is 1. The summed E-state index contributed by atoms with van der Waals surface area (Å²) in [7, 11) is -3.21. The van der Waals surface area contributed by atoms with Crippen LogP contribution in [0.1, 0.15) is 17.5 Å². The molecule has 1 aliphatic rings. The number of nitrogens with one attached hydrogen (secondary N) is 2. The Kier molecular flexibility index (Phi) is 7.12. The highest BCUT2D eigenvalue weighted by molar-refractivity contribution is 7.90. The van der Waals surface area contributed by atoms with Gasteiger partial charge < -0.3 is 4.98 Å². The molecule has 0 amide bonds. The Bertz CT molecular complexity index is 2180. The molecule has 14 heteroatoms. The number of alkyl halides is 2. The summed E-state index contributed by atoms with van der Waals surface area (Å²) in [6.45, 7) is 0.448. The van der Waals surface area contributed by atoms with Crippen LogP contribution >= 0.6 is 0 Å². The third-order valence-corrected chi connectivity index (χ3v) is 8.80. The van der Waals surface area contributed by atoms with Gasteiger partial charge in [-0.15, -0.1) is 0 Å². The van der Waals surface area contributed by atoms with Crippen molar-refractivity contribution in [2.75, 3.05) is 25.1 Å². The fraction of sp³-hybridized carbons (Fsp3) is 0.258. The molecular weight excluding hydrogens is 605 g/mol. The second kappa shape index (κ2) is 11.0. The number of sulfone groups is 1. The molecule has 45 heavy (non-hydrogen) atoms. The van der Waals surface area contributed by atoms with E-state index < -0.39 is 21.6 Å². The minimum atomic E-state index is -3.21. The number of halogens is 3. The molecule has 0 saturated carbocycles. The van der Waals surface area contributed by atoms with Crippen LogP contribution in [0, 0.1) is 5.82 Å². The normalized spacial score (nSPS) is 15.4. The molecule has 230 valence electrons. The predicted octanol–water partition coefficient (Wildman–Crippen LogP) is 5.19. The summed E-state index contributed by atoms with van der Waals surface area (Å²) in [5, 5.41) is 8.02. The van der Waals surface area contributed by atoms with E-state index in [9.17, 15) is 21.6 Å². The van der Waals surface area contributed by atoms with Crippen molar-refractivity contribution in [2.45, 2.75) is 25.3 Å². The smallest absolute Gasteiger partial charge is 0.261 e. The van der Waals surface area contributed by atoms with Crippen LogP contribution in [0.5, 0.6) is 0 Å². The van der Waals surface area contributed by atoms with Gasteiger partial charge in [0.2, 0.25) is 0 Å². The van der Waals surface area contributed by atoms with Crippen molar-refractivity contribution in [2.24, 2.45) is 0 Å². The fourth-order valence-corrected chi connectivity index (χ4v) is 6.30. The SMILES string of the molecule is CS(=O)(=O)CCc1cc(F)cc(-c2ccnc3nc(-c4[nH]nc5ncc(-c6cncc(CN7CCC(F)(F)C7)c6)cc45)[nH]c23)c1. The van der Waals surface area contributed by atoms with E-state index >= 15 is 0 Å². The number of imidazole rings is 1. The van der Waals surface area contributed by atoms with Crippen LogP contribution in [0.15, 0.2) is 61.2 Å². The number of hydrogen-bond acceptors (Lipinski definition) is 8. The maximum Gasteiger partial charge on any atom is 0.261 e. The molecule has 10 nitrogen and oxygen atoms in total. The van der Waals surface area contributed by atoms with E-state index in [-0.39, 0.29) is 25.1 Å². The number of rotatable bonds is 8. The first-order chi connectivity index (χ1) is 21.5. The van der Waals surface area contributed by atoms with Gasteiger partial charge in [-0.25, -0.2) is 36.5 Å². The summed E-state index contributed by atoms with van der Waals surface area (Å²) >= 11 is 0. The number of pyridine rings is 3. The van der Waals surface area contributed by atoms with Gasteiger partial charge in [-0.05, 0) is 53.4 Å². The molecule has 1 aromatic carbocycles. The van der Waals surface area contributed by atoms with Crippen LogP contribution in [0.4, 0.5) is 13.2 Å². The third kappa shape index (κ3) is 6.15. The van der Waals surface area contributed by atoms with Gasteiger partial charge in [-0.2, -0.15) is 5.10 Å². The molecule has 0 bridgehead atoms. The van der Waals surface area contributed by atoms with Crippen molar-refractivity contribution in [3.8, 4) is 33.8 Å². The largest absolute Gasteiger partial charge is 0.335 e. The number of nitrogens with zero attached hydrogens (tertiary/aromatic N) is 6. The lowest BCUT2D eigenvalue weighted by Gasteiger charge is -2.15. The standard InChI is InChI=1S/C31H27F3N8O2S/c1-45(43,44)7-3-18-8-20(11-23(32)10-18)24-2-5-36-29-26(24)38-30(39-29)27-25-12-22(15-37-28(25)41-40-27)21-9-19(13-35-14-21)16-42-6-4-31(33,34)17-42/h2,5,8-15H,3-4,6-7,16-17H2,1H3,(H,36,38,39)(H,37,40,41). The number of hydrogen-bond donors (Lipinski definition) is 2.